The lowest BCUT2D eigenvalue weighted by Gasteiger charge is -2.25. The van der Waals surface area contributed by atoms with Crippen molar-refractivity contribution in [2.45, 2.75) is 12.5 Å². The van der Waals surface area contributed by atoms with Crippen molar-refractivity contribution in [1.82, 2.24) is 0 Å². The van der Waals surface area contributed by atoms with E-state index in [1.165, 1.54) is 0 Å². The van der Waals surface area contributed by atoms with Gasteiger partial charge in [-0.2, -0.15) is 0 Å². The van der Waals surface area contributed by atoms with Crippen molar-refractivity contribution >= 4 is 33.0 Å². The number of thiophene rings is 1. The SMILES string of the molecule is O=C(Cc1sccc1Br)C1COc2ccccc2O1. The summed E-state index contributed by atoms with van der Waals surface area (Å²) in [6.45, 7) is 0.277. The van der Waals surface area contributed by atoms with Gasteiger partial charge in [0.25, 0.3) is 0 Å². The van der Waals surface area contributed by atoms with Gasteiger partial charge >= 0.3 is 0 Å². The monoisotopic (exact) mass is 338 g/mol. The molecule has 1 atom stereocenters. The Morgan fingerprint density at radius 3 is 2.84 bits per heavy atom. The zero-order chi connectivity index (χ0) is 13.2. The fourth-order valence-corrected chi connectivity index (χ4v) is 3.40. The quantitative estimate of drug-likeness (QED) is 0.859. The minimum atomic E-state index is -0.524. The van der Waals surface area contributed by atoms with E-state index in [-0.39, 0.29) is 12.4 Å². The molecule has 2 aromatic rings. The van der Waals surface area contributed by atoms with Crippen LogP contribution in [0.15, 0.2) is 40.2 Å². The molecule has 3 rings (SSSR count). The van der Waals surface area contributed by atoms with Crippen molar-refractivity contribution in [3.63, 3.8) is 0 Å². The number of hydrogen-bond donors (Lipinski definition) is 0. The molecule has 0 saturated heterocycles. The lowest BCUT2D eigenvalue weighted by atomic mass is 10.1. The Morgan fingerprint density at radius 2 is 2.11 bits per heavy atom. The average Bonchev–Trinajstić information content (AvgIpc) is 2.84. The number of para-hydroxylation sites is 2. The van der Waals surface area contributed by atoms with Crippen molar-refractivity contribution in [3.8, 4) is 11.5 Å². The van der Waals surface area contributed by atoms with Gasteiger partial charge in [0.2, 0.25) is 0 Å². The van der Waals surface area contributed by atoms with Crippen LogP contribution >= 0.6 is 27.3 Å². The molecule has 0 bridgehead atoms. The van der Waals surface area contributed by atoms with Crippen molar-refractivity contribution in [1.29, 1.82) is 0 Å². The summed E-state index contributed by atoms with van der Waals surface area (Å²) in [6.07, 6.45) is -0.155. The molecule has 0 fully saturated rings. The van der Waals surface area contributed by atoms with Crippen molar-refractivity contribution in [2.75, 3.05) is 6.61 Å². The summed E-state index contributed by atoms with van der Waals surface area (Å²) in [5.41, 5.74) is 0. The lowest BCUT2D eigenvalue weighted by Crippen LogP contribution is -2.37. The molecule has 0 saturated carbocycles. The molecular weight excluding hydrogens is 328 g/mol. The minimum Gasteiger partial charge on any atom is -0.485 e. The molecule has 1 aromatic carbocycles. The number of carbonyl (C=O) groups excluding carboxylic acids is 1. The van der Waals surface area contributed by atoms with Gasteiger partial charge in [0.05, 0.1) is 0 Å². The smallest absolute Gasteiger partial charge is 0.191 e. The first kappa shape index (κ1) is 12.7. The third kappa shape index (κ3) is 2.67. The maximum Gasteiger partial charge on any atom is 0.191 e. The van der Waals surface area contributed by atoms with E-state index in [9.17, 15) is 4.79 Å². The van der Waals surface area contributed by atoms with Crippen molar-refractivity contribution in [2.24, 2.45) is 0 Å². The van der Waals surface area contributed by atoms with Crippen LogP contribution in [0.1, 0.15) is 4.88 Å². The number of Topliss-reactive ketones (excluding diaryl/α,β-unsaturated/α-hetero) is 1. The van der Waals surface area contributed by atoms with Gasteiger partial charge in [0.15, 0.2) is 23.4 Å². The Kier molecular flexibility index (Phi) is 3.57. The van der Waals surface area contributed by atoms with Gasteiger partial charge in [0, 0.05) is 15.8 Å². The fourth-order valence-electron chi connectivity index (χ4n) is 1.90. The largest absolute Gasteiger partial charge is 0.485 e. The maximum atomic E-state index is 12.2. The molecule has 0 spiro atoms. The highest BCUT2D eigenvalue weighted by Crippen LogP contribution is 2.32. The summed E-state index contributed by atoms with van der Waals surface area (Å²) in [5.74, 6) is 1.37. The Hall–Kier alpha value is -1.33. The van der Waals surface area contributed by atoms with E-state index in [0.29, 0.717) is 17.9 Å². The predicted octanol–water partition coefficient (Wildman–Crippen LogP) is 3.46. The molecule has 0 aliphatic carbocycles. The lowest BCUT2D eigenvalue weighted by molar-refractivity contribution is -0.127. The summed E-state index contributed by atoms with van der Waals surface area (Å²) in [4.78, 5) is 13.2. The van der Waals surface area contributed by atoms with Crippen molar-refractivity contribution < 1.29 is 14.3 Å². The van der Waals surface area contributed by atoms with Crippen LogP contribution in [0, 0.1) is 0 Å². The summed E-state index contributed by atoms with van der Waals surface area (Å²) in [6, 6.07) is 9.35. The third-order valence-electron chi connectivity index (χ3n) is 2.89. The maximum absolute atomic E-state index is 12.2. The molecule has 1 unspecified atom stereocenters. The van der Waals surface area contributed by atoms with Gasteiger partial charge in [-0.05, 0) is 39.5 Å². The molecule has 98 valence electrons. The normalized spacial score (nSPS) is 17.2. The van der Waals surface area contributed by atoms with Gasteiger partial charge in [-0.1, -0.05) is 12.1 Å². The number of ketones is 1. The molecule has 3 nitrogen and oxygen atoms in total. The Balaban J connectivity index is 1.71. The summed E-state index contributed by atoms with van der Waals surface area (Å²) in [7, 11) is 0. The second kappa shape index (κ2) is 5.35. The van der Waals surface area contributed by atoms with E-state index in [1.807, 2.05) is 35.7 Å². The Labute approximate surface area is 123 Å². The summed E-state index contributed by atoms with van der Waals surface area (Å²) < 4.78 is 12.2. The molecular formula is C14H11BrO3S. The Bertz CT molecular complexity index is 608. The number of rotatable bonds is 3. The number of hydrogen-bond acceptors (Lipinski definition) is 4. The van der Waals surface area contributed by atoms with E-state index in [4.69, 9.17) is 9.47 Å². The number of halogens is 1. The highest BCUT2D eigenvalue weighted by Gasteiger charge is 2.27. The van der Waals surface area contributed by atoms with Crippen LogP contribution in [0.3, 0.4) is 0 Å². The molecule has 0 amide bonds. The van der Waals surface area contributed by atoms with E-state index >= 15 is 0 Å². The van der Waals surface area contributed by atoms with Gasteiger partial charge in [-0.3, -0.25) is 4.79 Å². The number of carbonyl (C=O) groups is 1. The van der Waals surface area contributed by atoms with Crippen LogP contribution in [0.5, 0.6) is 11.5 Å². The van der Waals surface area contributed by atoms with Crippen LogP contribution < -0.4 is 9.47 Å². The molecule has 1 aliphatic rings. The first-order valence-corrected chi connectivity index (χ1v) is 7.54. The molecule has 1 aliphatic heterocycles. The van der Waals surface area contributed by atoms with Gasteiger partial charge in [-0.25, -0.2) is 0 Å². The van der Waals surface area contributed by atoms with Crippen LogP contribution in [-0.2, 0) is 11.2 Å². The summed E-state index contributed by atoms with van der Waals surface area (Å²) >= 11 is 4.99. The highest BCUT2D eigenvalue weighted by atomic mass is 79.9. The fraction of sp³-hybridized carbons (Fsp3) is 0.214. The summed E-state index contributed by atoms with van der Waals surface area (Å²) in [5, 5.41) is 1.96. The molecule has 2 heterocycles. The van der Waals surface area contributed by atoms with Crippen molar-refractivity contribution in [3.05, 3.63) is 45.1 Å². The zero-order valence-electron chi connectivity index (χ0n) is 9.97. The van der Waals surface area contributed by atoms with Gasteiger partial charge in [-0.15, -0.1) is 11.3 Å². The van der Waals surface area contributed by atoms with E-state index in [0.717, 1.165) is 9.35 Å². The molecule has 19 heavy (non-hydrogen) atoms. The van der Waals surface area contributed by atoms with E-state index in [2.05, 4.69) is 15.9 Å². The van der Waals surface area contributed by atoms with Crippen LogP contribution in [-0.4, -0.2) is 18.5 Å². The molecule has 0 radical (unpaired) electrons. The average molecular weight is 339 g/mol. The van der Waals surface area contributed by atoms with E-state index in [1.54, 1.807) is 11.3 Å². The van der Waals surface area contributed by atoms with Crippen LogP contribution in [0.2, 0.25) is 0 Å². The van der Waals surface area contributed by atoms with Gasteiger partial charge < -0.3 is 9.47 Å². The minimum absolute atomic E-state index is 0.0395. The van der Waals surface area contributed by atoms with Gasteiger partial charge in [0.1, 0.15) is 6.61 Å². The highest BCUT2D eigenvalue weighted by molar-refractivity contribution is 9.10. The molecule has 5 heteroatoms. The predicted molar refractivity (Wildman–Crippen MR) is 77.1 cm³/mol. The number of ether oxygens (including phenoxy) is 2. The topological polar surface area (TPSA) is 35.5 Å². The third-order valence-corrected chi connectivity index (χ3v) is 4.82. The Morgan fingerprint density at radius 1 is 1.32 bits per heavy atom. The number of fused-ring (bicyclic) bond motifs is 1. The zero-order valence-corrected chi connectivity index (χ0v) is 12.4. The van der Waals surface area contributed by atoms with E-state index < -0.39 is 6.10 Å². The molecule has 1 aromatic heterocycles. The van der Waals surface area contributed by atoms with Crippen LogP contribution in [0.4, 0.5) is 0 Å². The standard InChI is InChI=1S/C14H11BrO3S/c15-9-5-6-19-14(9)7-10(16)13-8-17-11-3-1-2-4-12(11)18-13/h1-6,13H,7-8H2. The number of benzene rings is 1. The second-order valence-corrected chi connectivity index (χ2v) is 6.05. The van der Waals surface area contributed by atoms with Crippen LogP contribution in [0.25, 0.3) is 0 Å². The second-order valence-electron chi connectivity index (χ2n) is 4.20. The first-order chi connectivity index (χ1) is 9.24. The first-order valence-electron chi connectivity index (χ1n) is 5.87. The molecule has 0 N–H and O–H groups in total.